The number of nitrogens with one attached hydrogen (secondary N) is 1. The first-order chi connectivity index (χ1) is 8.58. The molecule has 2 N–H and O–H groups in total. The highest BCUT2D eigenvalue weighted by atomic mass is 16.6. The Morgan fingerprint density at radius 1 is 1.61 bits per heavy atom. The van der Waals surface area contributed by atoms with Gasteiger partial charge in [-0.05, 0) is 31.6 Å². The molecule has 0 bridgehead atoms. The lowest BCUT2D eigenvalue weighted by molar-refractivity contribution is -0.139. The van der Waals surface area contributed by atoms with E-state index in [4.69, 9.17) is 16.3 Å². The van der Waals surface area contributed by atoms with Crippen molar-refractivity contribution in [3.8, 4) is 12.3 Å². The number of alkyl carbamates (subject to hydrolysis) is 1. The lowest BCUT2D eigenvalue weighted by atomic mass is 10.2. The monoisotopic (exact) mass is 253 g/mol. The van der Waals surface area contributed by atoms with Crippen LogP contribution in [0.1, 0.15) is 39.0 Å². The van der Waals surface area contributed by atoms with Crippen LogP contribution in [0.2, 0.25) is 0 Å². The average molecular weight is 253 g/mol. The first kappa shape index (κ1) is 14.4. The number of ether oxygens (including phenoxy) is 1. The molecule has 0 aromatic carbocycles. The van der Waals surface area contributed by atoms with Crippen molar-refractivity contribution in [2.24, 2.45) is 5.92 Å². The average Bonchev–Trinajstić information content (AvgIpc) is 3.04. The molecule has 0 aromatic rings. The number of carbonyl (C=O) groups is 2. The van der Waals surface area contributed by atoms with Crippen molar-refractivity contribution in [2.75, 3.05) is 0 Å². The van der Waals surface area contributed by atoms with E-state index in [1.165, 1.54) is 0 Å². The van der Waals surface area contributed by atoms with Gasteiger partial charge in [0.05, 0.1) is 0 Å². The molecule has 0 aromatic heterocycles. The Morgan fingerprint density at radius 3 is 2.89 bits per heavy atom. The summed E-state index contributed by atoms with van der Waals surface area (Å²) in [7, 11) is 0. The molecule has 1 fully saturated rings. The van der Waals surface area contributed by atoms with Crippen LogP contribution in [0.3, 0.4) is 0 Å². The molecule has 1 rings (SSSR count). The lowest BCUT2D eigenvalue weighted by Crippen LogP contribution is -2.40. The van der Waals surface area contributed by atoms with Crippen LogP contribution >= 0.6 is 0 Å². The summed E-state index contributed by atoms with van der Waals surface area (Å²) < 4.78 is 5.12. The second kappa shape index (κ2) is 6.90. The van der Waals surface area contributed by atoms with Gasteiger partial charge in [0, 0.05) is 6.42 Å². The van der Waals surface area contributed by atoms with Crippen molar-refractivity contribution in [1.29, 1.82) is 0 Å². The van der Waals surface area contributed by atoms with E-state index in [1.807, 2.05) is 0 Å². The van der Waals surface area contributed by atoms with Crippen molar-refractivity contribution in [3.05, 3.63) is 0 Å². The third-order valence-corrected chi connectivity index (χ3v) is 3.01. The summed E-state index contributed by atoms with van der Waals surface area (Å²) in [5.41, 5.74) is 0. The zero-order chi connectivity index (χ0) is 13.5. The summed E-state index contributed by atoms with van der Waals surface area (Å²) in [5, 5.41) is 11.1. The molecule has 0 saturated heterocycles. The summed E-state index contributed by atoms with van der Waals surface area (Å²) in [5.74, 6) is 1.91. The number of carboxylic acids is 1. The Morgan fingerprint density at radius 2 is 2.33 bits per heavy atom. The van der Waals surface area contributed by atoms with Gasteiger partial charge in [-0.3, -0.25) is 0 Å². The van der Waals surface area contributed by atoms with Gasteiger partial charge >= 0.3 is 12.1 Å². The predicted octanol–water partition coefficient (Wildman–Crippen LogP) is 1.77. The molecule has 100 valence electrons. The van der Waals surface area contributed by atoms with E-state index in [0.717, 1.165) is 25.7 Å². The summed E-state index contributed by atoms with van der Waals surface area (Å²) >= 11 is 0. The number of terminal acetylenes is 1. The molecule has 0 radical (unpaired) electrons. The predicted molar refractivity (Wildman–Crippen MR) is 65.9 cm³/mol. The van der Waals surface area contributed by atoms with Gasteiger partial charge in [-0.1, -0.05) is 6.92 Å². The fourth-order valence-electron chi connectivity index (χ4n) is 1.79. The van der Waals surface area contributed by atoms with Crippen LogP contribution in [0, 0.1) is 18.3 Å². The normalized spacial score (nSPS) is 22.7. The molecule has 1 aliphatic carbocycles. The SMILES string of the molecule is C#CCCC[C@@H]1C[C@H]1OC(=O)N[C@@H](CC)C(=O)O. The van der Waals surface area contributed by atoms with E-state index in [0.29, 0.717) is 12.3 Å². The molecule has 18 heavy (non-hydrogen) atoms. The maximum atomic E-state index is 11.4. The summed E-state index contributed by atoms with van der Waals surface area (Å²) in [6.07, 6.45) is 8.25. The number of amides is 1. The zero-order valence-corrected chi connectivity index (χ0v) is 10.5. The van der Waals surface area contributed by atoms with Gasteiger partial charge in [0.2, 0.25) is 0 Å². The van der Waals surface area contributed by atoms with Gasteiger partial charge < -0.3 is 15.2 Å². The molecular weight excluding hydrogens is 234 g/mol. The highest BCUT2D eigenvalue weighted by molar-refractivity contribution is 5.79. The van der Waals surface area contributed by atoms with E-state index in [9.17, 15) is 9.59 Å². The third kappa shape index (κ3) is 4.66. The summed E-state index contributed by atoms with van der Waals surface area (Å²) in [4.78, 5) is 22.1. The van der Waals surface area contributed by atoms with Crippen LogP contribution in [0.15, 0.2) is 0 Å². The van der Waals surface area contributed by atoms with Crippen LogP contribution < -0.4 is 5.32 Å². The Labute approximate surface area is 107 Å². The minimum absolute atomic E-state index is 0.0749. The van der Waals surface area contributed by atoms with E-state index in [-0.39, 0.29) is 6.10 Å². The van der Waals surface area contributed by atoms with Crippen LogP contribution in [0.4, 0.5) is 4.79 Å². The Bertz CT molecular complexity index is 347. The van der Waals surface area contributed by atoms with E-state index >= 15 is 0 Å². The van der Waals surface area contributed by atoms with Crippen molar-refractivity contribution in [2.45, 2.75) is 51.2 Å². The highest BCUT2D eigenvalue weighted by Crippen LogP contribution is 2.37. The van der Waals surface area contributed by atoms with E-state index in [1.54, 1.807) is 6.92 Å². The highest BCUT2D eigenvalue weighted by Gasteiger charge is 2.40. The minimum Gasteiger partial charge on any atom is -0.480 e. The minimum atomic E-state index is -1.05. The maximum absolute atomic E-state index is 11.4. The van der Waals surface area contributed by atoms with Crippen LogP contribution in [0.25, 0.3) is 0 Å². The van der Waals surface area contributed by atoms with E-state index in [2.05, 4.69) is 11.2 Å². The molecule has 5 nitrogen and oxygen atoms in total. The number of unbranched alkanes of at least 4 members (excludes halogenated alkanes) is 1. The largest absolute Gasteiger partial charge is 0.480 e. The Hall–Kier alpha value is -1.70. The number of rotatable bonds is 7. The van der Waals surface area contributed by atoms with Crippen LogP contribution in [-0.4, -0.2) is 29.3 Å². The molecule has 1 amide bonds. The van der Waals surface area contributed by atoms with Crippen molar-refractivity contribution < 1.29 is 19.4 Å². The molecule has 5 heteroatoms. The zero-order valence-electron chi connectivity index (χ0n) is 10.5. The van der Waals surface area contributed by atoms with Gasteiger partial charge in [0.15, 0.2) is 0 Å². The molecule has 0 heterocycles. The Kier molecular flexibility index (Phi) is 5.50. The van der Waals surface area contributed by atoms with Gasteiger partial charge in [-0.15, -0.1) is 12.3 Å². The number of carbonyl (C=O) groups excluding carboxylic acids is 1. The topological polar surface area (TPSA) is 75.6 Å². The fraction of sp³-hybridized carbons (Fsp3) is 0.692. The molecular formula is C13H19NO4. The first-order valence-electron chi connectivity index (χ1n) is 6.21. The number of hydrogen-bond donors (Lipinski definition) is 2. The smallest absolute Gasteiger partial charge is 0.408 e. The third-order valence-electron chi connectivity index (χ3n) is 3.01. The number of carboxylic acid groups (broad SMARTS) is 1. The van der Waals surface area contributed by atoms with E-state index < -0.39 is 18.1 Å². The van der Waals surface area contributed by atoms with Crippen LogP contribution in [-0.2, 0) is 9.53 Å². The van der Waals surface area contributed by atoms with Gasteiger partial charge in [0.25, 0.3) is 0 Å². The summed E-state index contributed by atoms with van der Waals surface area (Å²) in [6, 6.07) is -0.879. The van der Waals surface area contributed by atoms with Gasteiger partial charge in [-0.25, -0.2) is 9.59 Å². The summed E-state index contributed by atoms with van der Waals surface area (Å²) in [6.45, 7) is 1.69. The van der Waals surface area contributed by atoms with Crippen molar-refractivity contribution >= 4 is 12.1 Å². The molecule has 3 atom stereocenters. The van der Waals surface area contributed by atoms with Crippen molar-refractivity contribution in [3.63, 3.8) is 0 Å². The lowest BCUT2D eigenvalue weighted by Gasteiger charge is -2.12. The molecule has 0 aliphatic heterocycles. The van der Waals surface area contributed by atoms with Crippen molar-refractivity contribution in [1.82, 2.24) is 5.32 Å². The van der Waals surface area contributed by atoms with Gasteiger partial charge in [-0.2, -0.15) is 0 Å². The molecule has 1 saturated carbocycles. The fourth-order valence-corrected chi connectivity index (χ4v) is 1.79. The number of aliphatic carboxylic acids is 1. The standard InChI is InChI=1S/C13H19NO4/c1-3-5-6-7-9-8-11(9)18-13(17)14-10(4-2)12(15)16/h1,9-11H,4-8H2,2H3,(H,14,17)(H,15,16)/t9-,10+,11-/m1/s1. The number of hydrogen-bond acceptors (Lipinski definition) is 3. The van der Waals surface area contributed by atoms with Crippen LogP contribution in [0.5, 0.6) is 0 Å². The first-order valence-corrected chi connectivity index (χ1v) is 6.21. The Balaban J connectivity index is 2.19. The molecule has 1 aliphatic rings. The second-order valence-electron chi connectivity index (χ2n) is 4.48. The maximum Gasteiger partial charge on any atom is 0.408 e. The van der Waals surface area contributed by atoms with Gasteiger partial charge in [0.1, 0.15) is 12.1 Å². The molecule has 0 unspecified atom stereocenters. The quantitative estimate of drug-likeness (QED) is 0.535. The molecule has 0 spiro atoms. The second-order valence-corrected chi connectivity index (χ2v) is 4.48.